The Hall–Kier alpha value is -3.22. The normalized spacial score (nSPS) is 23.4. The second-order valence-corrected chi connectivity index (χ2v) is 7.48. The van der Waals surface area contributed by atoms with E-state index in [1.54, 1.807) is 22.9 Å². The number of nitrogens with one attached hydrogen (secondary N) is 1. The summed E-state index contributed by atoms with van der Waals surface area (Å²) in [5, 5.41) is 3.03. The van der Waals surface area contributed by atoms with Crippen molar-refractivity contribution in [2.75, 3.05) is 11.9 Å². The lowest BCUT2D eigenvalue weighted by molar-refractivity contribution is -0.121. The molecule has 2 amide bonds. The Labute approximate surface area is 162 Å². The molecule has 142 valence electrons. The fraction of sp³-hybridized carbons (Fsp3) is 0.333. The third-order valence-electron chi connectivity index (χ3n) is 6.03. The van der Waals surface area contributed by atoms with E-state index < -0.39 is 5.41 Å². The Kier molecular flexibility index (Phi) is 3.72. The van der Waals surface area contributed by atoms with Crippen LogP contribution in [0, 0.1) is 0 Å². The highest BCUT2D eigenvalue weighted by Crippen LogP contribution is 2.49. The number of rotatable bonds is 3. The van der Waals surface area contributed by atoms with Crippen molar-refractivity contribution in [1.82, 2.24) is 19.3 Å². The number of para-hydroxylation sites is 1. The molecule has 0 aliphatic carbocycles. The minimum Gasteiger partial charge on any atom is -0.333 e. The molecule has 7 heteroatoms. The van der Waals surface area contributed by atoms with Crippen molar-refractivity contribution < 1.29 is 9.59 Å². The quantitative estimate of drug-likeness (QED) is 0.763. The van der Waals surface area contributed by atoms with Crippen molar-refractivity contribution in [3.05, 3.63) is 60.2 Å². The zero-order valence-electron chi connectivity index (χ0n) is 15.6. The summed E-state index contributed by atoms with van der Waals surface area (Å²) < 4.78 is 1.74. The van der Waals surface area contributed by atoms with E-state index in [2.05, 4.69) is 22.2 Å². The summed E-state index contributed by atoms with van der Waals surface area (Å²) in [5.41, 5.74) is 1.55. The average molecular weight is 375 g/mol. The molecular weight excluding hydrogens is 354 g/mol. The van der Waals surface area contributed by atoms with Crippen LogP contribution in [0.2, 0.25) is 0 Å². The molecule has 2 aliphatic heterocycles. The Balaban J connectivity index is 1.56. The van der Waals surface area contributed by atoms with E-state index in [1.165, 1.54) is 0 Å². The molecule has 1 saturated heterocycles. The summed E-state index contributed by atoms with van der Waals surface area (Å²) in [6.07, 6.45) is 7.46. The molecule has 7 nitrogen and oxygen atoms in total. The number of nitrogens with zero attached hydrogens (tertiary/aromatic N) is 4. The molecule has 0 bridgehead atoms. The molecule has 0 saturated carbocycles. The lowest BCUT2D eigenvalue weighted by atomic mass is 9.73. The maximum Gasteiger partial charge on any atom is 0.274 e. The first kappa shape index (κ1) is 16.9. The lowest BCUT2D eigenvalue weighted by Crippen LogP contribution is -2.48. The molecule has 0 unspecified atom stereocenters. The zero-order valence-corrected chi connectivity index (χ0v) is 15.6. The van der Waals surface area contributed by atoms with Gasteiger partial charge in [-0.25, -0.2) is 9.97 Å². The zero-order chi connectivity index (χ0) is 19.3. The van der Waals surface area contributed by atoms with E-state index in [1.807, 2.05) is 35.4 Å². The minimum absolute atomic E-state index is 0.000817. The minimum atomic E-state index is -0.681. The van der Waals surface area contributed by atoms with E-state index in [9.17, 15) is 9.59 Å². The summed E-state index contributed by atoms with van der Waals surface area (Å²) in [7, 11) is 0. The van der Waals surface area contributed by atoms with Crippen LogP contribution in [0.15, 0.2) is 48.9 Å². The van der Waals surface area contributed by atoms with Gasteiger partial charge in [0.2, 0.25) is 11.7 Å². The molecule has 1 aromatic carbocycles. The van der Waals surface area contributed by atoms with Crippen LogP contribution in [0.4, 0.5) is 5.69 Å². The standard InChI is InChI=1S/C21H21N5O2/c1-2-6-17-21(14-7-3-4-8-15(14)23-19(21)28)9-12-26(17)18(27)16-13-25-11-5-10-22-20(25)24-16/h3-5,7-8,10-11,13,17H,2,6,9,12H2,1H3,(H,23,28)/t17-,21-/m0/s1. The number of anilines is 1. The first-order valence-corrected chi connectivity index (χ1v) is 9.67. The highest BCUT2D eigenvalue weighted by molar-refractivity contribution is 6.08. The van der Waals surface area contributed by atoms with E-state index in [4.69, 9.17) is 0 Å². The molecule has 0 radical (unpaired) electrons. The molecule has 4 heterocycles. The van der Waals surface area contributed by atoms with Crippen LogP contribution in [0.3, 0.4) is 0 Å². The van der Waals surface area contributed by atoms with Gasteiger partial charge in [0, 0.05) is 30.8 Å². The van der Waals surface area contributed by atoms with Gasteiger partial charge in [0.05, 0.1) is 11.5 Å². The highest BCUT2D eigenvalue weighted by Gasteiger charge is 2.58. The summed E-state index contributed by atoms with van der Waals surface area (Å²) in [5.74, 6) is 0.355. The Bertz CT molecular complexity index is 1060. The van der Waals surface area contributed by atoms with Gasteiger partial charge in [0.15, 0.2) is 0 Å². The van der Waals surface area contributed by atoms with E-state index >= 15 is 0 Å². The smallest absolute Gasteiger partial charge is 0.274 e. The second kappa shape index (κ2) is 6.15. The molecule has 1 spiro atoms. The SMILES string of the molecule is CCC[C@@H]1N(C(=O)c2cn3cccnc3n2)CC[C@@]12C(=O)Nc1ccccc12. The van der Waals surface area contributed by atoms with Crippen LogP contribution in [-0.2, 0) is 10.2 Å². The third kappa shape index (κ3) is 2.22. The molecule has 3 aromatic rings. The largest absolute Gasteiger partial charge is 0.333 e. The average Bonchev–Trinajstić information content (AvgIpc) is 3.38. The van der Waals surface area contributed by atoms with E-state index in [0.717, 1.165) is 24.1 Å². The number of hydrogen-bond donors (Lipinski definition) is 1. The van der Waals surface area contributed by atoms with Gasteiger partial charge in [-0.15, -0.1) is 0 Å². The van der Waals surface area contributed by atoms with Crippen LogP contribution in [0.5, 0.6) is 0 Å². The molecule has 2 atom stereocenters. The van der Waals surface area contributed by atoms with Crippen molar-refractivity contribution in [2.45, 2.75) is 37.6 Å². The van der Waals surface area contributed by atoms with Gasteiger partial charge in [-0.05, 0) is 30.5 Å². The Morgan fingerprint density at radius 2 is 2.18 bits per heavy atom. The topological polar surface area (TPSA) is 79.6 Å². The second-order valence-electron chi connectivity index (χ2n) is 7.48. The summed E-state index contributed by atoms with van der Waals surface area (Å²) in [6.45, 7) is 2.62. The predicted molar refractivity (Wildman–Crippen MR) is 104 cm³/mol. The fourth-order valence-corrected chi connectivity index (χ4v) is 4.80. The number of fused-ring (bicyclic) bond motifs is 3. The Morgan fingerprint density at radius 1 is 1.32 bits per heavy atom. The molecule has 2 aliphatic rings. The predicted octanol–water partition coefficient (Wildman–Crippen LogP) is 2.63. The number of imidazole rings is 1. The maximum absolute atomic E-state index is 13.4. The van der Waals surface area contributed by atoms with Crippen molar-refractivity contribution in [3.8, 4) is 0 Å². The van der Waals surface area contributed by atoms with Crippen LogP contribution < -0.4 is 5.32 Å². The van der Waals surface area contributed by atoms with Crippen molar-refractivity contribution in [2.24, 2.45) is 0 Å². The molecule has 1 fully saturated rings. The van der Waals surface area contributed by atoms with Gasteiger partial charge in [-0.2, -0.15) is 0 Å². The number of carbonyl (C=O) groups is 2. The lowest BCUT2D eigenvalue weighted by Gasteiger charge is -2.33. The van der Waals surface area contributed by atoms with Crippen LogP contribution >= 0.6 is 0 Å². The molecule has 1 N–H and O–H groups in total. The first-order valence-electron chi connectivity index (χ1n) is 9.67. The van der Waals surface area contributed by atoms with Crippen LogP contribution in [0.1, 0.15) is 42.2 Å². The van der Waals surface area contributed by atoms with E-state index in [-0.39, 0.29) is 17.9 Å². The molecule has 28 heavy (non-hydrogen) atoms. The van der Waals surface area contributed by atoms with Gasteiger partial charge in [-0.1, -0.05) is 31.5 Å². The number of amides is 2. The number of benzene rings is 1. The number of aromatic nitrogens is 3. The Morgan fingerprint density at radius 3 is 3.00 bits per heavy atom. The van der Waals surface area contributed by atoms with Gasteiger partial charge in [0.25, 0.3) is 5.91 Å². The molecular formula is C21H21N5O2. The van der Waals surface area contributed by atoms with Gasteiger partial charge < -0.3 is 10.2 Å². The van der Waals surface area contributed by atoms with E-state index in [0.29, 0.717) is 24.4 Å². The number of hydrogen-bond acceptors (Lipinski definition) is 4. The van der Waals surface area contributed by atoms with Crippen LogP contribution in [-0.4, -0.2) is 43.7 Å². The van der Waals surface area contributed by atoms with Crippen molar-refractivity contribution >= 4 is 23.3 Å². The van der Waals surface area contributed by atoms with Crippen molar-refractivity contribution in [3.63, 3.8) is 0 Å². The first-order chi connectivity index (χ1) is 13.6. The summed E-state index contributed by atoms with van der Waals surface area (Å²) in [4.78, 5) is 36.9. The fourth-order valence-electron chi connectivity index (χ4n) is 4.80. The highest BCUT2D eigenvalue weighted by atomic mass is 16.2. The maximum atomic E-state index is 13.4. The third-order valence-corrected chi connectivity index (χ3v) is 6.03. The summed E-state index contributed by atoms with van der Waals surface area (Å²) >= 11 is 0. The molecule has 2 aromatic heterocycles. The number of carbonyl (C=O) groups excluding carboxylic acids is 2. The van der Waals surface area contributed by atoms with Crippen molar-refractivity contribution in [1.29, 1.82) is 0 Å². The van der Waals surface area contributed by atoms with Crippen LogP contribution in [0.25, 0.3) is 5.78 Å². The van der Waals surface area contributed by atoms with Gasteiger partial charge in [0.1, 0.15) is 5.69 Å². The summed E-state index contributed by atoms with van der Waals surface area (Å²) in [6, 6.07) is 9.44. The monoisotopic (exact) mass is 375 g/mol. The molecule has 5 rings (SSSR count). The number of likely N-dealkylation sites (tertiary alicyclic amines) is 1. The van der Waals surface area contributed by atoms with Gasteiger partial charge in [-0.3, -0.25) is 14.0 Å². The van der Waals surface area contributed by atoms with Gasteiger partial charge >= 0.3 is 0 Å².